The van der Waals surface area contributed by atoms with Crippen LogP contribution in [0.5, 0.6) is 17.2 Å². The van der Waals surface area contributed by atoms with Gasteiger partial charge in [-0.1, -0.05) is 26.8 Å². The molecule has 0 aliphatic carbocycles. The van der Waals surface area contributed by atoms with Crippen LogP contribution in [0.15, 0.2) is 24.3 Å². The number of methoxy groups -OCH3 is 2. The van der Waals surface area contributed by atoms with E-state index in [2.05, 4.69) is 20.8 Å². The van der Waals surface area contributed by atoms with Crippen molar-refractivity contribution in [3.63, 3.8) is 0 Å². The molecule has 0 amide bonds. The minimum Gasteiger partial charge on any atom is -0.507 e. The van der Waals surface area contributed by atoms with Gasteiger partial charge in [-0.25, -0.2) is 0 Å². The molecule has 0 unspecified atom stereocenters. The van der Waals surface area contributed by atoms with Crippen molar-refractivity contribution >= 4 is 10.8 Å². The first kappa shape index (κ1) is 13.5. The normalized spacial score (nSPS) is 11.6. The maximum Gasteiger partial charge on any atom is 0.131 e. The molecule has 0 saturated carbocycles. The van der Waals surface area contributed by atoms with Crippen LogP contribution in [-0.4, -0.2) is 19.3 Å². The van der Waals surface area contributed by atoms with Gasteiger partial charge in [0.2, 0.25) is 0 Å². The Morgan fingerprint density at radius 1 is 0.895 bits per heavy atom. The van der Waals surface area contributed by atoms with E-state index < -0.39 is 0 Å². The van der Waals surface area contributed by atoms with Gasteiger partial charge in [0, 0.05) is 10.9 Å². The second-order valence-electron chi connectivity index (χ2n) is 5.60. The number of benzene rings is 2. The average molecular weight is 260 g/mol. The molecule has 0 aliphatic rings. The Bertz CT molecular complexity index is 609. The zero-order valence-corrected chi connectivity index (χ0v) is 12.1. The van der Waals surface area contributed by atoms with Gasteiger partial charge in [-0.05, 0) is 23.6 Å². The van der Waals surface area contributed by atoms with Gasteiger partial charge in [0.1, 0.15) is 17.2 Å². The first-order valence-electron chi connectivity index (χ1n) is 6.27. The molecule has 0 spiro atoms. The van der Waals surface area contributed by atoms with Crippen LogP contribution in [0.4, 0.5) is 0 Å². The van der Waals surface area contributed by atoms with Crippen LogP contribution in [0.3, 0.4) is 0 Å². The van der Waals surface area contributed by atoms with Crippen molar-refractivity contribution in [3.8, 4) is 17.2 Å². The summed E-state index contributed by atoms with van der Waals surface area (Å²) in [4.78, 5) is 0. The molecule has 0 saturated heterocycles. The van der Waals surface area contributed by atoms with Crippen LogP contribution in [0.2, 0.25) is 0 Å². The van der Waals surface area contributed by atoms with E-state index in [1.54, 1.807) is 14.2 Å². The summed E-state index contributed by atoms with van der Waals surface area (Å²) < 4.78 is 10.7. The lowest BCUT2D eigenvalue weighted by molar-refractivity contribution is 0.406. The topological polar surface area (TPSA) is 38.7 Å². The highest BCUT2D eigenvalue weighted by Crippen LogP contribution is 2.43. The van der Waals surface area contributed by atoms with E-state index in [-0.39, 0.29) is 11.2 Å². The quantitative estimate of drug-likeness (QED) is 0.891. The summed E-state index contributed by atoms with van der Waals surface area (Å²) in [5.74, 6) is 1.65. The number of phenols is 1. The monoisotopic (exact) mass is 260 g/mol. The molecular formula is C16H20O3. The molecule has 0 bridgehead atoms. The summed E-state index contributed by atoms with van der Waals surface area (Å²) in [7, 11) is 3.22. The first-order chi connectivity index (χ1) is 8.90. The third-order valence-corrected chi connectivity index (χ3v) is 3.32. The van der Waals surface area contributed by atoms with Gasteiger partial charge < -0.3 is 14.6 Å². The fraction of sp³-hybridized carbons (Fsp3) is 0.375. The number of fused-ring (bicyclic) bond motifs is 1. The van der Waals surface area contributed by atoms with E-state index in [0.717, 1.165) is 16.7 Å². The molecule has 3 heteroatoms. The van der Waals surface area contributed by atoms with Gasteiger partial charge in [0.25, 0.3) is 0 Å². The van der Waals surface area contributed by atoms with Crippen LogP contribution in [0.25, 0.3) is 10.8 Å². The summed E-state index contributed by atoms with van der Waals surface area (Å²) >= 11 is 0. The molecule has 19 heavy (non-hydrogen) atoms. The number of hydrogen-bond acceptors (Lipinski definition) is 3. The molecule has 0 radical (unpaired) electrons. The Labute approximate surface area is 113 Å². The SMILES string of the molecule is COc1ccc(OC)c2c(O)c(C(C)(C)C)ccc12. The number of rotatable bonds is 2. The van der Waals surface area contributed by atoms with Crippen molar-refractivity contribution in [1.29, 1.82) is 0 Å². The van der Waals surface area contributed by atoms with Crippen molar-refractivity contribution < 1.29 is 14.6 Å². The summed E-state index contributed by atoms with van der Waals surface area (Å²) in [5.41, 5.74) is 0.762. The van der Waals surface area contributed by atoms with Crippen LogP contribution in [0.1, 0.15) is 26.3 Å². The highest BCUT2D eigenvalue weighted by atomic mass is 16.5. The molecule has 2 rings (SSSR count). The smallest absolute Gasteiger partial charge is 0.131 e. The molecule has 2 aromatic carbocycles. The fourth-order valence-electron chi connectivity index (χ4n) is 2.32. The van der Waals surface area contributed by atoms with Gasteiger partial charge in [0.05, 0.1) is 19.6 Å². The van der Waals surface area contributed by atoms with E-state index in [1.165, 1.54) is 0 Å². The van der Waals surface area contributed by atoms with E-state index >= 15 is 0 Å². The summed E-state index contributed by atoms with van der Waals surface area (Å²) in [6.07, 6.45) is 0. The minimum atomic E-state index is -0.133. The number of aromatic hydroxyl groups is 1. The van der Waals surface area contributed by atoms with E-state index in [4.69, 9.17) is 9.47 Å². The van der Waals surface area contributed by atoms with Gasteiger partial charge in [-0.3, -0.25) is 0 Å². The lowest BCUT2D eigenvalue weighted by Gasteiger charge is -2.22. The lowest BCUT2D eigenvalue weighted by atomic mass is 9.84. The highest BCUT2D eigenvalue weighted by molar-refractivity contribution is 5.98. The van der Waals surface area contributed by atoms with Gasteiger partial charge in [-0.2, -0.15) is 0 Å². The van der Waals surface area contributed by atoms with E-state index in [0.29, 0.717) is 11.1 Å². The van der Waals surface area contributed by atoms with Crippen molar-refractivity contribution in [1.82, 2.24) is 0 Å². The van der Waals surface area contributed by atoms with Crippen molar-refractivity contribution in [3.05, 3.63) is 29.8 Å². The molecule has 0 fully saturated rings. The fourth-order valence-corrected chi connectivity index (χ4v) is 2.32. The van der Waals surface area contributed by atoms with Crippen LogP contribution >= 0.6 is 0 Å². The Kier molecular flexibility index (Phi) is 3.31. The zero-order chi connectivity index (χ0) is 14.2. The average Bonchev–Trinajstić information content (AvgIpc) is 2.36. The Balaban J connectivity index is 2.87. The standard InChI is InChI=1S/C16H20O3/c1-16(2,3)11-7-6-10-12(18-4)8-9-13(19-5)14(10)15(11)17/h6-9,17H,1-5H3. The molecule has 0 aromatic heterocycles. The van der Waals surface area contributed by atoms with Gasteiger partial charge in [0.15, 0.2) is 0 Å². The largest absolute Gasteiger partial charge is 0.507 e. The third-order valence-electron chi connectivity index (χ3n) is 3.32. The number of hydrogen-bond donors (Lipinski definition) is 1. The summed E-state index contributed by atoms with van der Waals surface area (Å²) in [6.45, 7) is 6.21. The molecule has 0 atom stereocenters. The van der Waals surface area contributed by atoms with E-state index in [1.807, 2.05) is 24.3 Å². The maximum atomic E-state index is 10.6. The predicted molar refractivity (Wildman–Crippen MR) is 77.4 cm³/mol. The maximum absolute atomic E-state index is 10.6. The number of ether oxygens (including phenoxy) is 2. The Hall–Kier alpha value is -1.90. The van der Waals surface area contributed by atoms with Crippen molar-refractivity contribution in [2.24, 2.45) is 0 Å². The minimum absolute atomic E-state index is 0.133. The van der Waals surface area contributed by atoms with Crippen LogP contribution in [0, 0.1) is 0 Å². The molecule has 0 heterocycles. The molecule has 3 nitrogen and oxygen atoms in total. The lowest BCUT2D eigenvalue weighted by Crippen LogP contribution is -2.11. The van der Waals surface area contributed by atoms with Crippen LogP contribution < -0.4 is 9.47 Å². The third kappa shape index (κ3) is 2.21. The Morgan fingerprint density at radius 2 is 1.47 bits per heavy atom. The van der Waals surface area contributed by atoms with Crippen molar-refractivity contribution in [2.45, 2.75) is 26.2 Å². The van der Waals surface area contributed by atoms with E-state index in [9.17, 15) is 5.11 Å². The predicted octanol–water partition coefficient (Wildman–Crippen LogP) is 3.86. The summed E-state index contributed by atoms with van der Waals surface area (Å²) in [6, 6.07) is 7.57. The molecule has 2 aromatic rings. The van der Waals surface area contributed by atoms with Gasteiger partial charge >= 0.3 is 0 Å². The highest BCUT2D eigenvalue weighted by Gasteiger charge is 2.22. The second-order valence-corrected chi connectivity index (χ2v) is 5.60. The molecular weight excluding hydrogens is 240 g/mol. The molecule has 1 N–H and O–H groups in total. The summed E-state index contributed by atoms with van der Waals surface area (Å²) in [5, 5.41) is 12.1. The second kappa shape index (κ2) is 4.65. The first-order valence-corrected chi connectivity index (χ1v) is 6.27. The molecule has 0 aliphatic heterocycles. The Morgan fingerprint density at radius 3 is 2.00 bits per heavy atom. The van der Waals surface area contributed by atoms with Crippen LogP contribution in [-0.2, 0) is 5.41 Å². The number of phenolic OH excluding ortho intramolecular Hbond substituents is 1. The van der Waals surface area contributed by atoms with Gasteiger partial charge in [-0.15, -0.1) is 0 Å². The molecule has 102 valence electrons. The zero-order valence-electron chi connectivity index (χ0n) is 12.1. The van der Waals surface area contributed by atoms with Crippen molar-refractivity contribution in [2.75, 3.05) is 14.2 Å².